The van der Waals surface area contributed by atoms with Gasteiger partial charge in [0.2, 0.25) is 5.91 Å². The first-order valence-electron chi connectivity index (χ1n) is 4.25. The molecule has 0 heterocycles. The first kappa shape index (κ1) is 12.9. The molecule has 1 aromatic carbocycles. The SMILES string of the molecule is CC(=O)Nc1ccc(S(=O)(=O)N=[N+]=[N-])c(F)c1. The number of nitrogens with zero attached hydrogens (tertiary/aromatic N) is 3. The van der Waals surface area contributed by atoms with Crippen molar-refractivity contribution in [3.63, 3.8) is 0 Å². The normalized spacial score (nSPS) is 10.5. The monoisotopic (exact) mass is 258 g/mol. The third kappa shape index (κ3) is 3.16. The zero-order valence-corrected chi connectivity index (χ0v) is 9.40. The van der Waals surface area contributed by atoms with Crippen molar-refractivity contribution in [2.75, 3.05) is 5.32 Å². The highest BCUT2D eigenvalue weighted by molar-refractivity contribution is 7.90. The lowest BCUT2D eigenvalue weighted by atomic mass is 10.3. The molecular formula is C8H7FN4O3S. The maximum Gasteiger partial charge on any atom is 0.267 e. The average Bonchev–Trinajstić information content (AvgIpc) is 2.15. The molecule has 0 saturated carbocycles. The van der Waals surface area contributed by atoms with Gasteiger partial charge in [0, 0.05) is 22.0 Å². The zero-order valence-electron chi connectivity index (χ0n) is 8.58. The Kier molecular flexibility index (Phi) is 3.66. The molecule has 1 amide bonds. The van der Waals surface area contributed by atoms with E-state index in [0.717, 1.165) is 12.1 Å². The van der Waals surface area contributed by atoms with Crippen molar-refractivity contribution in [2.45, 2.75) is 11.8 Å². The quantitative estimate of drug-likeness (QED) is 0.506. The van der Waals surface area contributed by atoms with Crippen molar-refractivity contribution < 1.29 is 17.6 Å². The molecule has 1 rings (SSSR count). The summed E-state index contributed by atoms with van der Waals surface area (Å²) in [7, 11) is -4.37. The summed E-state index contributed by atoms with van der Waals surface area (Å²) in [5.74, 6) is -1.53. The number of hydrogen-bond donors (Lipinski definition) is 1. The van der Waals surface area contributed by atoms with Crippen LogP contribution in [0.5, 0.6) is 0 Å². The van der Waals surface area contributed by atoms with Crippen LogP contribution in [0.2, 0.25) is 0 Å². The summed E-state index contributed by atoms with van der Waals surface area (Å²) in [5.41, 5.74) is 8.13. The van der Waals surface area contributed by atoms with Crippen molar-refractivity contribution in [1.82, 2.24) is 0 Å². The first-order chi connectivity index (χ1) is 7.86. The highest BCUT2D eigenvalue weighted by Gasteiger charge is 2.17. The number of amides is 1. The van der Waals surface area contributed by atoms with Crippen LogP contribution in [0.25, 0.3) is 10.4 Å². The molecule has 0 aromatic heterocycles. The van der Waals surface area contributed by atoms with Crippen LogP contribution in [0.3, 0.4) is 0 Å². The van der Waals surface area contributed by atoms with Crippen LogP contribution < -0.4 is 5.32 Å². The summed E-state index contributed by atoms with van der Waals surface area (Å²) in [6, 6.07) is 2.91. The Morgan fingerprint density at radius 2 is 2.18 bits per heavy atom. The maximum absolute atomic E-state index is 13.4. The lowest BCUT2D eigenvalue weighted by molar-refractivity contribution is -0.114. The summed E-state index contributed by atoms with van der Waals surface area (Å²) < 4.78 is 38.4. The van der Waals surface area contributed by atoms with Gasteiger partial charge in [0.25, 0.3) is 10.0 Å². The standard InChI is InChI=1S/C8H7FN4O3S/c1-5(14)11-6-2-3-8(7(9)4-6)17(15,16)13-12-10/h2-4H,1H3,(H,11,14). The molecule has 0 aliphatic carbocycles. The highest BCUT2D eigenvalue weighted by atomic mass is 32.2. The van der Waals surface area contributed by atoms with E-state index < -0.39 is 26.6 Å². The molecule has 0 aliphatic heterocycles. The van der Waals surface area contributed by atoms with E-state index in [2.05, 4.69) is 14.7 Å². The number of hydrogen-bond acceptors (Lipinski definition) is 3. The maximum atomic E-state index is 13.4. The molecule has 1 aromatic rings. The Morgan fingerprint density at radius 1 is 1.53 bits per heavy atom. The second-order valence-electron chi connectivity index (χ2n) is 2.97. The summed E-state index contributed by atoms with van der Waals surface area (Å²) in [6.45, 7) is 1.22. The molecule has 0 aliphatic rings. The molecule has 0 radical (unpaired) electrons. The number of nitrogens with one attached hydrogen (secondary N) is 1. The molecular weight excluding hydrogens is 251 g/mol. The number of carbonyl (C=O) groups excluding carboxylic acids is 1. The predicted octanol–water partition coefficient (Wildman–Crippen LogP) is 1.78. The Bertz CT molecular complexity index is 607. The number of carbonyl (C=O) groups is 1. The van der Waals surface area contributed by atoms with E-state index in [0.29, 0.717) is 0 Å². The van der Waals surface area contributed by atoms with Gasteiger partial charge in [-0.3, -0.25) is 4.79 Å². The van der Waals surface area contributed by atoms with Gasteiger partial charge < -0.3 is 5.32 Å². The van der Waals surface area contributed by atoms with Gasteiger partial charge in [-0.2, -0.15) is 0 Å². The van der Waals surface area contributed by atoms with Crippen molar-refractivity contribution in [2.24, 2.45) is 4.52 Å². The van der Waals surface area contributed by atoms with Crippen LogP contribution in [0.1, 0.15) is 6.92 Å². The molecule has 0 spiro atoms. The molecule has 90 valence electrons. The number of azide groups is 1. The van der Waals surface area contributed by atoms with Gasteiger partial charge >= 0.3 is 0 Å². The minimum Gasteiger partial charge on any atom is -0.326 e. The molecule has 0 fully saturated rings. The number of sulfonamides is 1. The van der Waals surface area contributed by atoms with Crippen molar-refractivity contribution in [1.29, 1.82) is 0 Å². The van der Waals surface area contributed by atoms with Crippen LogP contribution in [0, 0.1) is 5.82 Å². The Balaban J connectivity index is 3.23. The third-order valence-electron chi connectivity index (χ3n) is 1.67. The van der Waals surface area contributed by atoms with Crippen LogP contribution >= 0.6 is 0 Å². The minimum absolute atomic E-state index is 0.106. The molecule has 9 heteroatoms. The second kappa shape index (κ2) is 4.81. The van der Waals surface area contributed by atoms with Crippen molar-refractivity contribution in [3.05, 3.63) is 34.5 Å². The van der Waals surface area contributed by atoms with Crippen molar-refractivity contribution >= 4 is 21.6 Å². The van der Waals surface area contributed by atoms with Gasteiger partial charge in [0.05, 0.1) is 0 Å². The fraction of sp³-hybridized carbons (Fsp3) is 0.125. The Labute approximate surface area is 95.9 Å². The van der Waals surface area contributed by atoms with E-state index in [-0.39, 0.29) is 5.69 Å². The van der Waals surface area contributed by atoms with E-state index in [4.69, 9.17) is 5.53 Å². The first-order valence-corrected chi connectivity index (χ1v) is 5.69. The molecule has 0 saturated heterocycles. The largest absolute Gasteiger partial charge is 0.326 e. The lowest BCUT2D eigenvalue weighted by Crippen LogP contribution is -2.07. The number of rotatable bonds is 3. The predicted molar refractivity (Wildman–Crippen MR) is 57.0 cm³/mol. The third-order valence-corrected chi connectivity index (χ3v) is 2.85. The van der Waals surface area contributed by atoms with Crippen molar-refractivity contribution in [3.8, 4) is 0 Å². The summed E-state index contributed by atoms with van der Waals surface area (Å²) >= 11 is 0. The lowest BCUT2D eigenvalue weighted by Gasteiger charge is -2.04. The van der Waals surface area contributed by atoms with E-state index in [1.165, 1.54) is 13.0 Å². The van der Waals surface area contributed by atoms with Gasteiger partial charge in [0.1, 0.15) is 10.7 Å². The summed E-state index contributed by atoms with van der Waals surface area (Å²) in [4.78, 5) is 12.0. The van der Waals surface area contributed by atoms with Crippen LogP contribution in [-0.2, 0) is 14.8 Å². The van der Waals surface area contributed by atoms with E-state index in [1.54, 1.807) is 0 Å². The van der Waals surface area contributed by atoms with E-state index in [1.807, 2.05) is 0 Å². The van der Waals surface area contributed by atoms with Gasteiger partial charge in [-0.1, -0.05) is 0 Å². The molecule has 0 atom stereocenters. The van der Waals surface area contributed by atoms with Gasteiger partial charge in [-0.25, -0.2) is 12.8 Å². The molecule has 17 heavy (non-hydrogen) atoms. The molecule has 7 nitrogen and oxygen atoms in total. The smallest absolute Gasteiger partial charge is 0.267 e. The summed E-state index contributed by atoms with van der Waals surface area (Å²) in [5, 5.41) is 2.28. The fourth-order valence-electron chi connectivity index (χ4n) is 1.08. The number of anilines is 1. The highest BCUT2D eigenvalue weighted by Crippen LogP contribution is 2.20. The molecule has 0 unspecified atom stereocenters. The number of halogens is 1. The summed E-state index contributed by atoms with van der Waals surface area (Å²) in [6.07, 6.45) is 0. The average molecular weight is 258 g/mol. The van der Waals surface area contributed by atoms with E-state index >= 15 is 0 Å². The molecule has 1 N–H and O–H groups in total. The molecule has 0 bridgehead atoms. The van der Waals surface area contributed by atoms with Gasteiger partial charge in [0.15, 0.2) is 0 Å². The zero-order chi connectivity index (χ0) is 13.1. The van der Waals surface area contributed by atoms with Crippen LogP contribution in [-0.4, -0.2) is 14.3 Å². The topological polar surface area (TPSA) is 112 Å². The Morgan fingerprint density at radius 3 is 2.65 bits per heavy atom. The fourth-order valence-corrected chi connectivity index (χ4v) is 1.81. The van der Waals surface area contributed by atoms with E-state index in [9.17, 15) is 17.6 Å². The van der Waals surface area contributed by atoms with Gasteiger partial charge in [-0.05, 0) is 23.7 Å². The van der Waals surface area contributed by atoms with Crippen LogP contribution in [0.15, 0.2) is 27.6 Å². The van der Waals surface area contributed by atoms with Crippen LogP contribution in [0.4, 0.5) is 10.1 Å². The number of benzene rings is 1. The Hall–Kier alpha value is -2.12. The second-order valence-corrected chi connectivity index (χ2v) is 4.53. The van der Waals surface area contributed by atoms with Gasteiger partial charge in [-0.15, -0.1) is 0 Å². The minimum atomic E-state index is -4.37.